The molecule has 1 aliphatic heterocycles. The van der Waals surface area contributed by atoms with Crippen LogP contribution in [-0.2, 0) is 4.74 Å². The number of aliphatic hydroxyl groups is 1. The first-order valence-electron chi connectivity index (χ1n) is 7.81. The SMILES string of the molecule is Cc1ccc(OC[C@H](O)C[NH+]2C[C@@H](C)O[C@@H](C)C2)cc1C. The molecule has 1 fully saturated rings. The van der Waals surface area contributed by atoms with E-state index in [0.29, 0.717) is 13.2 Å². The van der Waals surface area contributed by atoms with Crippen molar-refractivity contribution in [2.75, 3.05) is 26.2 Å². The Morgan fingerprint density at radius 2 is 1.90 bits per heavy atom. The predicted molar refractivity (Wildman–Crippen MR) is 83.0 cm³/mol. The van der Waals surface area contributed by atoms with Crippen LogP contribution in [0.2, 0.25) is 0 Å². The molecule has 0 bridgehead atoms. The molecule has 1 unspecified atom stereocenters. The standard InChI is InChI=1S/C17H27NO3/c1-12-5-6-17(7-13(12)2)20-11-16(19)10-18-8-14(3)21-15(4)9-18/h5-7,14-16,19H,8-11H2,1-4H3/p+1/t14-,15+,16-/m1/s1. The van der Waals surface area contributed by atoms with Gasteiger partial charge in [-0.15, -0.1) is 0 Å². The average molecular weight is 294 g/mol. The molecule has 4 nitrogen and oxygen atoms in total. The van der Waals surface area contributed by atoms with Crippen molar-refractivity contribution in [3.63, 3.8) is 0 Å². The second kappa shape index (κ2) is 7.25. The van der Waals surface area contributed by atoms with Crippen LogP contribution >= 0.6 is 0 Å². The average Bonchev–Trinajstić information content (AvgIpc) is 2.39. The fourth-order valence-corrected chi connectivity index (χ4v) is 2.94. The fraction of sp³-hybridized carbons (Fsp3) is 0.647. The van der Waals surface area contributed by atoms with Crippen molar-refractivity contribution in [1.29, 1.82) is 0 Å². The van der Waals surface area contributed by atoms with Crippen molar-refractivity contribution in [3.8, 4) is 5.75 Å². The second-order valence-electron chi connectivity index (χ2n) is 6.33. The number of benzene rings is 1. The zero-order valence-corrected chi connectivity index (χ0v) is 13.6. The molecule has 0 radical (unpaired) electrons. The molecule has 2 N–H and O–H groups in total. The van der Waals surface area contributed by atoms with Gasteiger partial charge >= 0.3 is 0 Å². The Labute approximate surface area is 127 Å². The Bertz CT molecular complexity index is 453. The largest absolute Gasteiger partial charge is 0.491 e. The summed E-state index contributed by atoms with van der Waals surface area (Å²) < 4.78 is 11.4. The monoisotopic (exact) mass is 294 g/mol. The summed E-state index contributed by atoms with van der Waals surface area (Å²) in [5.41, 5.74) is 2.46. The van der Waals surface area contributed by atoms with Crippen LogP contribution in [0, 0.1) is 13.8 Å². The normalized spacial score (nSPS) is 27.4. The van der Waals surface area contributed by atoms with Gasteiger partial charge in [0.1, 0.15) is 50.3 Å². The highest BCUT2D eigenvalue weighted by Gasteiger charge is 2.27. The lowest BCUT2D eigenvalue weighted by atomic mass is 10.1. The molecule has 1 saturated heterocycles. The molecule has 0 saturated carbocycles. The molecule has 4 atom stereocenters. The highest BCUT2D eigenvalue weighted by molar-refractivity contribution is 5.33. The third kappa shape index (κ3) is 4.99. The van der Waals surface area contributed by atoms with Gasteiger partial charge < -0.3 is 19.5 Å². The summed E-state index contributed by atoms with van der Waals surface area (Å²) in [5.74, 6) is 0.830. The number of morpholine rings is 1. The maximum Gasteiger partial charge on any atom is 0.137 e. The number of ether oxygens (including phenoxy) is 2. The molecule has 21 heavy (non-hydrogen) atoms. The van der Waals surface area contributed by atoms with Gasteiger partial charge in [-0.3, -0.25) is 0 Å². The van der Waals surface area contributed by atoms with Gasteiger partial charge in [0.15, 0.2) is 0 Å². The molecule has 0 spiro atoms. The number of rotatable bonds is 5. The first-order valence-corrected chi connectivity index (χ1v) is 7.81. The molecule has 2 rings (SSSR count). The van der Waals surface area contributed by atoms with E-state index in [1.165, 1.54) is 16.0 Å². The lowest BCUT2D eigenvalue weighted by Crippen LogP contribution is -3.16. The summed E-state index contributed by atoms with van der Waals surface area (Å²) in [6, 6.07) is 6.03. The predicted octanol–water partition coefficient (Wildman–Crippen LogP) is 0.735. The highest BCUT2D eigenvalue weighted by atomic mass is 16.5. The third-order valence-corrected chi connectivity index (χ3v) is 4.06. The minimum Gasteiger partial charge on any atom is -0.491 e. The van der Waals surface area contributed by atoms with E-state index >= 15 is 0 Å². The van der Waals surface area contributed by atoms with E-state index in [0.717, 1.165) is 18.8 Å². The summed E-state index contributed by atoms with van der Waals surface area (Å²) in [7, 11) is 0. The van der Waals surface area contributed by atoms with Crippen molar-refractivity contribution in [3.05, 3.63) is 29.3 Å². The van der Waals surface area contributed by atoms with Crippen LogP contribution in [0.1, 0.15) is 25.0 Å². The van der Waals surface area contributed by atoms with Gasteiger partial charge in [0.25, 0.3) is 0 Å². The van der Waals surface area contributed by atoms with Crippen molar-refractivity contribution in [1.82, 2.24) is 0 Å². The number of nitrogens with one attached hydrogen (secondary N) is 1. The van der Waals surface area contributed by atoms with E-state index in [1.807, 2.05) is 18.2 Å². The summed E-state index contributed by atoms with van der Waals surface area (Å²) in [6.07, 6.45) is 0.0762. The number of quaternary nitrogens is 1. The van der Waals surface area contributed by atoms with E-state index in [1.54, 1.807) is 0 Å². The Morgan fingerprint density at radius 3 is 2.52 bits per heavy atom. The molecular formula is C17H28NO3+. The molecule has 1 heterocycles. The van der Waals surface area contributed by atoms with Gasteiger partial charge in [-0.1, -0.05) is 6.07 Å². The van der Waals surface area contributed by atoms with Crippen LogP contribution in [-0.4, -0.2) is 49.7 Å². The summed E-state index contributed by atoms with van der Waals surface area (Å²) >= 11 is 0. The molecule has 1 aromatic rings. The molecule has 118 valence electrons. The van der Waals surface area contributed by atoms with Crippen LogP contribution in [0.5, 0.6) is 5.75 Å². The maximum atomic E-state index is 10.2. The molecule has 0 aliphatic carbocycles. The Morgan fingerprint density at radius 1 is 1.24 bits per heavy atom. The number of hydrogen-bond acceptors (Lipinski definition) is 3. The first-order chi connectivity index (χ1) is 9.94. The van der Waals surface area contributed by atoms with Crippen molar-refractivity contribution >= 4 is 0 Å². The summed E-state index contributed by atoms with van der Waals surface area (Å²) in [4.78, 5) is 1.39. The maximum absolute atomic E-state index is 10.2. The highest BCUT2D eigenvalue weighted by Crippen LogP contribution is 2.16. The molecule has 0 amide bonds. The number of aryl methyl sites for hydroxylation is 2. The lowest BCUT2D eigenvalue weighted by Gasteiger charge is -2.33. The van der Waals surface area contributed by atoms with Gasteiger partial charge in [0.2, 0.25) is 0 Å². The minimum absolute atomic E-state index is 0.261. The fourth-order valence-electron chi connectivity index (χ4n) is 2.94. The molecular weight excluding hydrogens is 266 g/mol. The summed E-state index contributed by atoms with van der Waals surface area (Å²) in [5, 5.41) is 10.2. The molecule has 1 aromatic carbocycles. The van der Waals surface area contributed by atoms with E-state index in [-0.39, 0.29) is 12.2 Å². The van der Waals surface area contributed by atoms with E-state index < -0.39 is 6.10 Å². The first kappa shape index (κ1) is 16.3. The Kier molecular flexibility index (Phi) is 5.62. The Balaban J connectivity index is 1.79. The topological polar surface area (TPSA) is 43.1 Å². The second-order valence-corrected chi connectivity index (χ2v) is 6.33. The van der Waals surface area contributed by atoms with Crippen LogP contribution in [0.3, 0.4) is 0 Å². The van der Waals surface area contributed by atoms with Crippen LogP contribution in [0.25, 0.3) is 0 Å². The van der Waals surface area contributed by atoms with Gasteiger partial charge in [0, 0.05) is 0 Å². The third-order valence-electron chi connectivity index (χ3n) is 4.06. The number of aliphatic hydroxyl groups excluding tert-OH is 1. The molecule has 1 aliphatic rings. The van der Waals surface area contributed by atoms with Gasteiger partial charge in [-0.25, -0.2) is 0 Å². The smallest absolute Gasteiger partial charge is 0.137 e. The van der Waals surface area contributed by atoms with Crippen LogP contribution in [0.4, 0.5) is 0 Å². The zero-order valence-electron chi connectivity index (χ0n) is 13.6. The zero-order chi connectivity index (χ0) is 15.4. The van der Waals surface area contributed by atoms with E-state index in [9.17, 15) is 5.11 Å². The van der Waals surface area contributed by atoms with Crippen LogP contribution in [0.15, 0.2) is 18.2 Å². The van der Waals surface area contributed by atoms with Crippen molar-refractivity contribution in [2.24, 2.45) is 0 Å². The van der Waals surface area contributed by atoms with Gasteiger partial charge in [0.05, 0.1) is 0 Å². The molecule has 0 aromatic heterocycles. The van der Waals surface area contributed by atoms with Crippen molar-refractivity contribution < 1.29 is 19.5 Å². The minimum atomic E-state index is -0.445. The van der Waals surface area contributed by atoms with E-state index in [4.69, 9.17) is 9.47 Å². The number of hydrogen-bond donors (Lipinski definition) is 2. The summed E-state index contributed by atoms with van der Waals surface area (Å²) in [6.45, 7) is 11.3. The van der Waals surface area contributed by atoms with Crippen molar-refractivity contribution in [2.45, 2.75) is 46.0 Å². The Hall–Kier alpha value is -1.10. The van der Waals surface area contributed by atoms with Gasteiger partial charge in [-0.05, 0) is 51.0 Å². The van der Waals surface area contributed by atoms with E-state index in [2.05, 4.69) is 27.7 Å². The van der Waals surface area contributed by atoms with Gasteiger partial charge in [-0.2, -0.15) is 0 Å². The van der Waals surface area contributed by atoms with Crippen LogP contribution < -0.4 is 9.64 Å². The quantitative estimate of drug-likeness (QED) is 0.842. The lowest BCUT2D eigenvalue weighted by molar-refractivity contribution is -0.918. The molecule has 4 heteroatoms.